The van der Waals surface area contributed by atoms with Gasteiger partial charge in [-0.1, -0.05) is 11.8 Å². The van der Waals surface area contributed by atoms with Gasteiger partial charge < -0.3 is 14.5 Å². The maximum atomic E-state index is 5.22. The fraction of sp³-hybridized carbons (Fsp3) is 0.412. The largest absolute Gasteiger partial charge is 0.497 e. The number of rotatable bonds is 4. The number of thioether (sulfide) groups is 1. The van der Waals surface area contributed by atoms with Crippen LogP contribution in [0.1, 0.15) is 5.69 Å². The molecule has 6 heteroatoms. The van der Waals surface area contributed by atoms with Crippen LogP contribution in [0.2, 0.25) is 0 Å². The van der Waals surface area contributed by atoms with Gasteiger partial charge in [0.05, 0.1) is 7.11 Å². The number of hydrogen-bond acceptors (Lipinski definition) is 6. The van der Waals surface area contributed by atoms with Gasteiger partial charge in [-0.05, 0) is 37.4 Å². The van der Waals surface area contributed by atoms with Gasteiger partial charge in [-0.15, -0.1) is 0 Å². The number of ether oxygens (including phenoxy) is 1. The minimum Gasteiger partial charge on any atom is -0.497 e. The highest BCUT2D eigenvalue weighted by atomic mass is 32.2. The van der Waals surface area contributed by atoms with Crippen molar-refractivity contribution in [3.8, 4) is 5.75 Å². The number of aromatic nitrogens is 2. The minimum absolute atomic E-state index is 0.845. The lowest BCUT2D eigenvalue weighted by molar-refractivity contribution is 0.415. The predicted octanol–water partition coefficient (Wildman–Crippen LogP) is 2.84. The quantitative estimate of drug-likeness (QED) is 0.634. The van der Waals surface area contributed by atoms with Crippen LogP contribution >= 0.6 is 11.8 Å². The number of methoxy groups -OCH3 is 1. The van der Waals surface area contributed by atoms with Crippen LogP contribution in [0.4, 0.5) is 11.5 Å². The van der Waals surface area contributed by atoms with E-state index in [0.29, 0.717) is 0 Å². The van der Waals surface area contributed by atoms with Crippen molar-refractivity contribution in [3.63, 3.8) is 0 Å². The van der Waals surface area contributed by atoms with Crippen molar-refractivity contribution in [1.29, 1.82) is 0 Å². The first-order valence-electron chi connectivity index (χ1n) is 7.73. The normalized spacial score (nSPS) is 14.9. The summed E-state index contributed by atoms with van der Waals surface area (Å²) in [5, 5.41) is 0.845. The van der Waals surface area contributed by atoms with Gasteiger partial charge in [-0.2, -0.15) is 0 Å². The summed E-state index contributed by atoms with van der Waals surface area (Å²) in [5.74, 6) is 1.93. The molecule has 3 rings (SSSR count). The van der Waals surface area contributed by atoms with Crippen molar-refractivity contribution in [2.24, 2.45) is 0 Å². The highest BCUT2D eigenvalue weighted by Gasteiger charge is 2.19. The SMILES string of the molecule is COc1ccc(N2CCN(c3cc(C)nc(SC)n3)CC2)cc1. The molecule has 1 aliphatic heterocycles. The second-order valence-corrected chi connectivity index (χ2v) is 6.30. The van der Waals surface area contributed by atoms with Crippen LogP contribution in [0.15, 0.2) is 35.5 Å². The molecular weight excluding hydrogens is 308 g/mol. The highest BCUT2D eigenvalue weighted by Crippen LogP contribution is 2.23. The summed E-state index contributed by atoms with van der Waals surface area (Å²) in [6.45, 7) is 5.94. The number of aryl methyl sites for hydroxylation is 1. The van der Waals surface area contributed by atoms with Gasteiger partial charge in [0.1, 0.15) is 11.6 Å². The first-order chi connectivity index (χ1) is 11.2. The number of benzene rings is 1. The van der Waals surface area contributed by atoms with Crippen LogP contribution in [0.3, 0.4) is 0 Å². The Hall–Kier alpha value is -1.95. The van der Waals surface area contributed by atoms with E-state index < -0.39 is 0 Å². The Morgan fingerprint density at radius 2 is 1.65 bits per heavy atom. The van der Waals surface area contributed by atoms with Crippen molar-refractivity contribution >= 4 is 23.3 Å². The molecule has 0 amide bonds. The third kappa shape index (κ3) is 3.69. The number of piperazine rings is 1. The maximum Gasteiger partial charge on any atom is 0.189 e. The van der Waals surface area contributed by atoms with Crippen LogP contribution in [-0.2, 0) is 0 Å². The van der Waals surface area contributed by atoms with Gasteiger partial charge in [0.15, 0.2) is 5.16 Å². The molecule has 1 aromatic heterocycles. The van der Waals surface area contributed by atoms with Gasteiger partial charge in [-0.3, -0.25) is 0 Å². The Kier molecular flexibility index (Phi) is 4.91. The Labute approximate surface area is 141 Å². The highest BCUT2D eigenvalue weighted by molar-refractivity contribution is 7.98. The molecule has 122 valence electrons. The van der Waals surface area contributed by atoms with E-state index in [1.165, 1.54) is 5.69 Å². The van der Waals surface area contributed by atoms with E-state index in [-0.39, 0.29) is 0 Å². The van der Waals surface area contributed by atoms with E-state index in [1.807, 2.05) is 25.3 Å². The summed E-state index contributed by atoms with van der Waals surface area (Å²) >= 11 is 1.59. The molecule has 5 nitrogen and oxygen atoms in total. The van der Waals surface area contributed by atoms with E-state index >= 15 is 0 Å². The summed E-state index contributed by atoms with van der Waals surface area (Å²) < 4.78 is 5.22. The second-order valence-electron chi connectivity index (χ2n) is 5.53. The van der Waals surface area contributed by atoms with Crippen molar-refractivity contribution in [3.05, 3.63) is 36.0 Å². The van der Waals surface area contributed by atoms with E-state index in [1.54, 1.807) is 18.9 Å². The monoisotopic (exact) mass is 330 g/mol. The fourth-order valence-electron chi connectivity index (χ4n) is 2.77. The number of hydrogen-bond donors (Lipinski definition) is 0. The standard InChI is InChI=1S/C17H22N4OS/c1-13-12-16(19-17(18-13)23-3)21-10-8-20(9-11-21)14-4-6-15(22-2)7-5-14/h4-7,12H,8-11H2,1-3H3. The summed E-state index contributed by atoms with van der Waals surface area (Å²) in [6.07, 6.45) is 2.01. The summed E-state index contributed by atoms with van der Waals surface area (Å²) in [6, 6.07) is 10.3. The summed E-state index contributed by atoms with van der Waals surface area (Å²) in [5.41, 5.74) is 2.27. The Morgan fingerprint density at radius 3 is 2.26 bits per heavy atom. The van der Waals surface area contributed by atoms with Crippen molar-refractivity contribution in [2.45, 2.75) is 12.1 Å². The topological polar surface area (TPSA) is 41.5 Å². The second kappa shape index (κ2) is 7.08. The van der Waals surface area contributed by atoms with Gasteiger partial charge in [0, 0.05) is 43.6 Å². The molecule has 0 bridgehead atoms. The van der Waals surface area contributed by atoms with Crippen LogP contribution in [0.25, 0.3) is 0 Å². The van der Waals surface area contributed by atoms with Crippen LogP contribution in [0, 0.1) is 6.92 Å². The molecule has 0 radical (unpaired) electrons. The molecule has 2 aromatic rings. The van der Waals surface area contributed by atoms with Crippen LogP contribution < -0.4 is 14.5 Å². The lowest BCUT2D eigenvalue weighted by Crippen LogP contribution is -2.46. The summed E-state index contributed by atoms with van der Waals surface area (Å²) in [4.78, 5) is 13.8. The van der Waals surface area contributed by atoms with Gasteiger partial charge in [0.2, 0.25) is 0 Å². The number of nitrogens with zero attached hydrogens (tertiary/aromatic N) is 4. The van der Waals surface area contributed by atoms with Crippen molar-refractivity contribution in [2.75, 3.05) is 49.3 Å². The average molecular weight is 330 g/mol. The van der Waals surface area contributed by atoms with Gasteiger partial charge in [0.25, 0.3) is 0 Å². The van der Waals surface area contributed by atoms with Gasteiger partial charge in [-0.25, -0.2) is 9.97 Å². The van der Waals surface area contributed by atoms with Gasteiger partial charge >= 0.3 is 0 Å². The molecule has 0 atom stereocenters. The van der Waals surface area contributed by atoms with Crippen molar-refractivity contribution < 1.29 is 4.74 Å². The Bertz CT molecular complexity index is 654. The van der Waals surface area contributed by atoms with Crippen LogP contribution in [-0.4, -0.2) is 49.5 Å². The lowest BCUT2D eigenvalue weighted by atomic mass is 10.2. The molecule has 1 aromatic carbocycles. The molecule has 0 N–H and O–H groups in total. The predicted molar refractivity (Wildman–Crippen MR) is 96.0 cm³/mol. The molecular formula is C17H22N4OS. The average Bonchev–Trinajstić information content (AvgIpc) is 2.61. The molecule has 2 heterocycles. The lowest BCUT2D eigenvalue weighted by Gasteiger charge is -2.36. The molecule has 23 heavy (non-hydrogen) atoms. The molecule has 1 saturated heterocycles. The zero-order chi connectivity index (χ0) is 16.2. The summed E-state index contributed by atoms with van der Waals surface area (Å²) in [7, 11) is 1.69. The molecule has 0 spiro atoms. The third-order valence-electron chi connectivity index (χ3n) is 4.04. The van der Waals surface area contributed by atoms with E-state index in [0.717, 1.165) is 48.6 Å². The molecule has 0 unspecified atom stereocenters. The van der Waals surface area contributed by atoms with E-state index in [4.69, 9.17) is 4.74 Å². The zero-order valence-corrected chi connectivity index (χ0v) is 14.6. The van der Waals surface area contributed by atoms with E-state index in [2.05, 4.69) is 38.0 Å². The van der Waals surface area contributed by atoms with Crippen LogP contribution in [0.5, 0.6) is 5.75 Å². The third-order valence-corrected chi connectivity index (χ3v) is 4.59. The minimum atomic E-state index is 0.845. The fourth-order valence-corrected chi connectivity index (χ4v) is 3.19. The molecule has 0 aliphatic carbocycles. The molecule has 0 saturated carbocycles. The zero-order valence-electron chi connectivity index (χ0n) is 13.8. The van der Waals surface area contributed by atoms with Crippen molar-refractivity contribution in [1.82, 2.24) is 9.97 Å². The smallest absolute Gasteiger partial charge is 0.189 e. The molecule has 1 fully saturated rings. The maximum absolute atomic E-state index is 5.22. The Morgan fingerprint density at radius 1 is 1.00 bits per heavy atom. The first kappa shape index (κ1) is 15.9. The Balaban J connectivity index is 1.67. The van der Waals surface area contributed by atoms with E-state index in [9.17, 15) is 0 Å². The molecule has 1 aliphatic rings. The first-order valence-corrected chi connectivity index (χ1v) is 8.95. The number of anilines is 2.